The van der Waals surface area contributed by atoms with E-state index in [1.54, 1.807) is 13.8 Å². The summed E-state index contributed by atoms with van der Waals surface area (Å²) in [6, 6.07) is 2.96. The average Bonchev–Trinajstić information content (AvgIpc) is 2.43. The Labute approximate surface area is 138 Å². The Morgan fingerprint density at radius 1 is 1.50 bits per heavy atom. The normalized spacial score (nSPS) is 14.3. The van der Waals surface area contributed by atoms with Crippen molar-refractivity contribution in [3.8, 4) is 5.75 Å². The molecule has 0 spiro atoms. The lowest BCUT2D eigenvalue weighted by Gasteiger charge is -2.24. The van der Waals surface area contributed by atoms with Gasteiger partial charge in [0.2, 0.25) is 10.0 Å². The predicted molar refractivity (Wildman–Crippen MR) is 87.5 cm³/mol. The molecule has 0 atom stereocenters. The third-order valence-corrected chi connectivity index (χ3v) is 5.96. The summed E-state index contributed by atoms with van der Waals surface area (Å²) in [4.78, 5) is 11.4. The minimum absolute atomic E-state index is 0.102. The summed E-state index contributed by atoms with van der Waals surface area (Å²) in [5.74, 6) is 0.0697. The third kappa shape index (κ3) is 3.34. The van der Waals surface area contributed by atoms with Crippen molar-refractivity contribution in [3.63, 3.8) is 0 Å². The molecule has 0 radical (unpaired) electrons. The Hall–Kier alpha value is -1.38. The monoisotopic (exact) mass is 388 g/mol. The highest BCUT2D eigenvalue weighted by Crippen LogP contribution is 2.37. The number of halogens is 1. The zero-order valence-corrected chi connectivity index (χ0v) is 14.8. The second kappa shape index (κ2) is 6.39. The Morgan fingerprint density at radius 3 is 2.77 bits per heavy atom. The highest BCUT2D eigenvalue weighted by Gasteiger charge is 2.28. The number of nitrogens with one attached hydrogen (secondary N) is 1. The van der Waals surface area contributed by atoms with Gasteiger partial charge in [-0.15, -0.1) is 0 Å². The molecule has 22 heavy (non-hydrogen) atoms. The summed E-state index contributed by atoms with van der Waals surface area (Å²) in [6.45, 7) is 7.76. The SMILES string of the molecule is C=C(C)CN(CC)S(=O)(=O)c1cc2c(cc1Br)NC(=O)CO2. The van der Waals surface area contributed by atoms with Crippen LogP contribution >= 0.6 is 15.9 Å². The number of hydrogen-bond donors (Lipinski definition) is 1. The largest absolute Gasteiger partial charge is 0.482 e. The molecule has 1 aliphatic heterocycles. The van der Waals surface area contributed by atoms with Gasteiger partial charge in [-0.25, -0.2) is 8.42 Å². The van der Waals surface area contributed by atoms with E-state index >= 15 is 0 Å². The van der Waals surface area contributed by atoms with Crippen molar-refractivity contribution in [2.75, 3.05) is 25.0 Å². The van der Waals surface area contributed by atoms with Crippen molar-refractivity contribution < 1.29 is 17.9 Å². The Balaban J connectivity index is 2.47. The van der Waals surface area contributed by atoms with Crippen LogP contribution in [0, 0.1) is 0 Å². The number of likely N-dealkylation sites (N-methyl/N-ethyl adjacent to an activating group) is 1. The number of carbonyl (C=O) groups is 1. The molecule has 0 aliphatic carbocycles. The highest BCUT2D eigenvalue weighted by atomic mass is 79.9. The molecular weight excluding hydrogens is 372 g/mol. The second-order valence-corrected chi connectivity index (χ2v) is 7.76. The number of hydrogen-bond acceptors (Lipinski definition) is 4. The lowest BCUT2D eigenvalue weighted by molar-refractivity contribution is -0.118. The first kappa shape index (κ1) is 17.0. The maximum atomic E-state index is 12.8. The van der Waals surface area contributed by atoms with Gasteiger partial charge in [-0.1, -0.05) is 19.1 Å². The van der Waals surface area contributed by atoms with E-state index in [-0.39, 0.29) is 24.0 Å². The number of benzene rings is 1. The van der Waals surface area contributed by atoms with Crippen molar-refractivity contribution in [3.05, 3.63) is 28.8 Å². The van der Waals surface area contributed by atoms with Crippen LogP contribution in [0.5, 0.6) is 5.75 Å². The van der Waals surface area contributed by atoms with Crippen molar-refractivity contribution in [1.82, 2.24) is 4.31 Å². The van der Waals surface area contributed by atoms with Crippen LogP contribution in [0.2, 0.25) is 0 Å². The molecular formula is C14H17BrN2O4S. The van der Waals surface area contributed by atoms with Gasteiger partial charge >= 0.3 is 0 Å². The molecule has 0 bridgehead atoms. The zero-order chi connectivity index (χ0) is 16.5. The molecule has 6 nitrogen and oxygen atoms in total. The first-order chi connectivity index (χ1) is 10.3. The van der Waals surface area contributed by atoms with Gasteiger partial charge in [0.25, 0.3) is 5.91 Å². The van der Waals surface area contributed by atoms with Gasteiger partial charge in [0.1, 0.15) is 10.6 Å². The molecule has 0 aromatic heterocycles. The van der Waals surface area contributed by atoms with E-state index in [2.05, 4.69) is 27.8 Å². The van der Waals surface area contributed by atoms with Crippen LogP contribution in [-0.4, -0.2) is 38.3 Å². The van der Waals surface area contributed by atoms with E-state index in [0.29, 0.717) is 22.5 Å². The van der Waals surface area contributed by atoms with E-state index < -0.39 is 10.0 Å². The van der Waals surface area contributed by atoms with Gasteiger partial charge in [0.05, 0.1) is 5.69 Å². The lowest BCUT2D eigenvalue weighted by atomic mass is 10.2. The van der Waals surface area contributed by atoms with Crippen LogP contribution in [0.1, 0.15) is 13.8 Å². The molecule has 2 rings (SSSR count). The van der Waals surface area contributed by atoms with E-state index in [9.17, 15) is 13.2 Å². The zero-order valence-electron chi connectivity index (χ0n) is 12.3. The highest BCUT2D eigenvalue weighted by molar-refractivity contribution is 9.10. The van der Waals surface area contributed by atoms with Crippen molar-refractivity contribution in [2.45, 2.75) is 18.7 Å². The Kier molecular flexibility index (Phi) is 4.93. The number of carbonyl (C=O) groups excluding carboxylic acids is 1. The van der Waals surface area contributed by atoms with Crippen LogP contribution in [0.3, 0.4) is 0 Å². The molecule has 1 aliphatic rings. The number of anilines is 1. The quantitative estimate of drug-likeness (QED) is 0.785. The minimum Gasteiger partial charge on any atom is -0.482 e. The van der Waals surface area contributed by atoms with Gasteiger partial charge in [0.15, 0.2) is 6.61 Å². The summed E-state index contributed by atoms with van der Waals surface area (Å²) in [7, 11) is -3.69. The summed E-state index contributed by atoms with van der Waals surface area (Å²) >= 11 is 3.26. The van der Waals surface area contributed by atoms with Crippen LogP contribution in [0.15, 0.2) is 33.7 Å². The fourth-order valence-corrected chi connectivity index (χ4v) is 4.61. The lowest BCUT2D eigenvalue weighted by Crippen LogP contribution is -2.33. The van der Waals surface area contributed by atoms with Gasteiger partial charge in [-0.3, -0.25) is 4.79 Å². The first-order valence-electron chi connectivity index (χ1n) is 6.66. The van der Waals surface area contributed by atoms with Crippen LogP contribution in [0.4, 0.5) is 5.69 Å². The number of amides is 1. The standard InChI is InChI=1S/C14H17BrN2O4S/c1-4-17(7-9(2)3)22(19,20)13-6-12-11(5-10(13)15)16-14(18)8-21-12/h5-6H,2,4,7-8H2,1,3H3,(H,16,18). The summed E-state index contributed by atoms with van der Waals surface area (Å²) in [6.07, 6.45) is 0. The number of ether oxygens (including phenoxy) is 1. The molecule has 0 fully saturated rings. The second-order valence-electron chi connectivity index (χ2n) is 5.00. The summed E-state index contributed by atoms with van der Waals surface area (Å²) < 4.78 is 32.6. The Morgan fingerprint density at radius 2 is 2.18 bits per heavy atom. The van der Waals surface area contributed by atoms with Gasteiger partial charge < -0.3 is 10.1 Å². The average molecular weight is 389 g/mol. The molecule has 0 saturated carbocycles. The number of nitrogens with zero attached hydrogens (tertiary/aromatic N) is 1. The molecule has 8 heteroatoms. The molecule has 0 unspecified atom stereocenters. The van der Waals surface area contributed by atoms with Crippen molar-refractivity contribution >= 4 is 37.5 Å². The van der Waals surface area contributed by atoms with Gasteiger partial charge in [0, 0.05) is 23.6 Å². The number of sulfonamides is 1. The van der Waals surface area contributed by atoms with E-state index in [4.69, 9.17) is 4.74 Å². The van der Waals surface area contributed by atoms with Crippen LogP contribution in [-0.2, 0) is 14.8 Å². The Bertz CT molecular complexity index is 731. The summed E-state index contributed by atoms with van der Waals surface area (Å²) in [5, 5.41) is 2.64. The van der Waals surface area contributed by atoms with Crippen molar-refractivity contribution in [2.24, 2.45) is 0 Å². The maximum absolute atomic E-state index is 12.8. The fourth-order valence-electron chi connectivity index (χ4n) is 2.09. The topological polar surface area (TPSA) is 75.7 Å². The molecule has 1 heterocycles. The first-order valence-corrected chi connectivity index (χ1v) is 8.89. The van der Waals surface area contributed by atoms with E-state index in [1.807, 2.05) is 0 Å². The number of fused-ring (bicyclic) bond motifs is 1. The molecule has 120 valence electrons. The molecule has 1 aromatic carbocycles. The molecule has 1 aromatic rings. The smallest absolute Gasteiger partial charge is 0.262 e. The maximum Gasteiger partial charge on any atom is 0.262 e. The van der Waals surface area contributed by atoms with Crippen LogP contribution < -0.4 is 10.1 Å². The van der Waals surface area contributed by atoms with E-state index in [0.717, 1.165) is 5.57 Å². The fraction of sp³-hybridized carbons (Fsp3) is 0.357. The predicted octanol–water partition coefficient (Wildman–Crippen LogP) is 2.37. The molecule has 1 amide bonds. The number of rotatable bonds is 5. The minimum atomic E-state index is -3.69. The van der Waals surface area contributed by atoms with Gasteiger partial charge in [-0.2, -0.15) is 4.31 Å². The molecule has 0 saturated heterocycles. The molecule has 1 N–H and O–H groups in total. The van der Waals surface area contributed by atoms with Crippen LogP contribution in [0.25, 0.3) is 0 Å². The van der Waals surface area contributed by atoms with E-state index in [1.165, 1.54) is 16.4 Å². The third-order valence-electron chi connectivity index (χ3n) is 3.08. The van der Waals surface area contributed by atoms with Gasteiger partial charge in [-0.05, 0) is 28.9 Å². The van der Waals surface area contributed by atoms with Crippen molar-refractivity contribution in [1.29, 1.82) is 0 Å². The summed E-state index contributed by atoms with van der Waals surface area (Å²) in [5.41, 5.74) is 1.20.